The molecule has 0 spiro atoms. The topological polar surface area (TPSA) is 66.8 Å². The summed E-state index contributed by atoms with van der Waals surface area (Å²) in [5.41, 5.74) is 0.0686. The number of hydrogen-bond donors (Lipinski definition) is 2. The largest absolute Gasteiger partial charge is 0.455 e. The second-order valence-corrected chi connectivity index (χ2v) is 13.1. The smallest absolute Gasteiger partial charge is 0.303 e. The van der Waals surface area contributed by atoms with Crippen molar-refractivity contribution in [1.82, 2.24) is 0 Å². The summed E-state index contributed by atoms with van der Waals surface area (Å²) in [6.45, 7) is 15.4. The van der Waals surface area contributed by atoms with Crippen molar-refractivity contribution in [3.8, 4) is 0 Å². The van der Waals surface area contributed by atoms with Gasteiger partial charge in [-0.2, -0.15) is 0 Å². The van der Waals surface area contributed by atoms with Crippen LogP contribution in [0.3, 0.4) is 0 Å². The van der Waals surface area contributed by atoms with E-state index in [-0.39, 0.29) is 23.2 Å². The van der Waals surface area contributed by atoms with Crippen LogP contribution >= 0.6 is 0 Å². The van der Waals surface area contributed by atoms with Crippen molar-refractivity contribution in [2.75, 3.05) is 0 Å². The molecular weight excluding hydrogens is 424 g/mol. The molecule has 0 unspecified atom stereocenters. The van der Waals surface area contributed by atoms with E-state index in [9.17, 15) is 15.0 Å². The summed E-state index contributed by atoms with van der Waals surface area (Å²) in [4.78, 5) is 12.0. The summed E-state index contributed by atoms with van der Waals surface area (Å²) in [5.74, 6) is 2.83. The molecular formula is C30H48O4. The van der Waals surface area contributed by atoms with Crippen LogP contribution in [0.15, 0.2) is 23.8 Å². The Balaban J connectivity index is 1.67. The van der Waals surface area contributed by atoms with Gasteiger partial charge in [0, 0.05) is 18.8 Å². The Morgan fingerprint density at radius 1 is 1.06 bits per heavy atom. The van der Waals surface area contributed by atoms with E-state index in [1.807, 2.05) is 0 Å². The lowest BCUT2D eigenvalue weighted by Gasteiger charge is -2.62. The molecule has 2 N–H and O–H groups in total. The van der Waals surface area contributed by atoms with Crippen molar-refractivity contribution in [3.63, 3.8) is 0 Å². The van der Waals surface area contributed by atoms with Gasteiger partial charge in [0.15, 0.2) is 0 Å². The molecule has 0 aliphatic heterocycles. The van der Waals surface area contributed by atoms with Crippen molar-refractivity contribution in [1.29, 1.82) is 0 Å². The van der Waals surface area contributed by atoms with Crippen LogP contribution in [0.25, 0.3) is 0 Å². The summed E-state index contributed by atoms with van der Waals surface area (Å²) >= 11 is 0. The molecule has 0 saturated heterocycles. The van der Waals surface area contributed by atoms with E-state index < -0.39 is 17.8 Å². The van der Waals surface area contributed by atoms with Crippen molar-refractivity contribution in [3.05, 3.63) is 23.8 Å². The minimum atomic E-state index is -1.21. The van der Waals surface area contributed by atoms with Crippen molar-refractivity contribution in [2.24, 2.45) is 46.3 Å². The van der Waals surface area contributed by atoms with Gasteiger partial charge in [0.2, 0.25) is 0 Å². The molecule has 192 valence electrons. The van der Waals surface area contributed by atoms with Crippen molar-refractivity contribution < 1.29 is 19.7 Å². The third-order valence-electron chi connectivity index (χ3n) is 11.0. The Kier molecular flexibility index (Phi) is 6.92. The average molecular weight is 473 g/mol. The van der Waals surface area contributed by atoms with Crippen LogP contribution in [0, 0.1) is 46.3 Å². The predicted molar refractivity (Wildman–Crippen MR) is 136 cm³/mol. The highest BCUT2D eigenvalue weighted by atomic mass is 16.6. The molecule has 0 radical (unpaired) electrons. The average Bonchev–Trinajstić information content (AvgIpc) is 3.10. The molecule has 4 rings (SSSR count). The fourth-order valence-corrected chi connectivity index (χ4v) is 8.44. The molecule has 34 heavy (non-hydrogen) atoms. The van der Waals surface area contributed by atoms with Crippen LogP contribution in [-0.2, 0) is 9.53 Å². The van der Waals surface area contributed by atoms with E-state index in [4.69, 9.17) is 4.74 Å². The van der Waals surface area contributed by atoms with Gasteiger partial charge < -0.3 is 14.9 Å². The lowest BCUT2D eigenvalue weighted by molar-refractivity contribution is -0.221. The van der Waals surface area contributed by atoms with Gasteiger partial charge in [0.25, 0.3) is 0 Å². The predicted octanol–water partition coefficient (Wildman–Crippen LogP) is 6.07. The summed E-state index contributed by atoms with van der Waals surface area (Å²) in [6.07, 6.45) is 12.2. The van der Waals surface area contributed by atoms with Crippen LogP contribution in [0.2, 0.25) is 0 Å². The highest BCUT2D eigenvalue weighted by molar-refractivity contribution is 5.66. The van der Waals surface area contributed by atoms with E-state index in [0.29, 0.717) is 41.9 Å². The van der Waals surface area contributed by atoms with Gasteiger partial charge in [-0.05, 0) is 85.5 Å². The first-order valence-corrected chi connectivity index (χ1v) is 13.8. The van der Waals surface area contributed by atoms with Gasteiger partial charge in [-0.15, -0.1) is 0 Å². The van der Waals surface area contributed by atoms with E-state index in [0.717, 1.165) is 12.8 Å². The minimum Gasteiger partial charge on any atom is -0.455 e. The Bertz CT molecular complexity index is 845. The third kappa shape index (κ3) is 4.01. The monoisotopic (exact) mass is 472 g/mol. The number of carbonyl (C=O) groups is 1. The number of aliphatic hydroxyl groups excluding tert-OH is 1. The van der Waals surface area contributed by atoms with Crippen molar-refractivity contribution >= 4 is 5.97 Å². The maximum absolute atomic E-state index is 12.0. The highest BCUT2D eigenvalue weighted by Gasteiger charge is 2.65. The zero-order valence-electron chi connectivity index (χ0n) is 22.5. The van der Waals surface area contributed by atoms with E-state index in [1.165, 1.54) is 31.8 Å². The van der Waals surface area contributed by atoms with Gasteiger partial charge >= 0.3 is 5.97 Å². The van der Waals surface area contributed by atoms with Crippen LogP contribution < -0.4 is 0 Å². The second kappa shape index (κ2) is 9.07. The Hall–Kier alpha value is -1.13. The molecule has 0 aromatic carbocycles. The van der Waals surface area contributed by atoms with Gasteiger partial charge in [0.05, 0.1) is 6.10 Å². The van der Waals surface area contributed by atoms with E-state index in [2.05, 4.69) is 59.8 Å². The molecule has 3 fully saturated rings. The first-order valence-electron chi connectivity index (χ1n) is 13.8. The van der Waals surface area contributed by atoms with Crippen LogP contribution in [0.1, 0.15) is 93.4 Å². The molecule has 0 heterocycles. The lowest BCUT2D eigenvalue weighted by Crippen LogP contribution is -2.66. The van der Waals surface area contributed by atoms with Gasteiger partial charge in [-0.1, -0.05) is 59.3 Å². The first-order chi connectivity index (χ1) is 15.8. The zero-order valence-corrected chi connectivity index (χ0v) is 22.5. The molecule has 0 amide bonds. The molecule has 0 aromatic heterocycles. The lowest BCUT2D eigenvalue weighted by atomic mass is 9.45. The highest BCUT2D eigenvalue weighted by Crippen LogP contribution is 2.67. The molecule has 3 saturated carbocycles. The summed E-state index contributed by atoms with van der Waals surface area (Å²) in [5, 5.41) is 22.4. The second-order valence-electron chi connectivity index (χ2n) is 13.1. The number of rotatable bonds is 5. The number of hydrogen-bond acceptors (Lipinski definition) is 4. The first kappa shape index (κ1) is 25.9. The molecule has 4 aliphatic carbocycles. The molecule has 4 aliphatic rings. The summed E-state index contributed by atoms with van der Waals surface area (Å²) in [6, 6.07) is 0. The third-order valence-corrected chi connectivity index (χ3v) is 11.0. The van der Waals surface area contributed by atoms with Gasteiger partial charge in [-0.3, -0.25) is 4.79 Å². The number of allylic oxidation sites excluding steroid dienone is 3. The fourth-order valence-electron chi connectivity index (χ4n) is 8.44. The SMILES string of the molecule is CC(=O)O[C@@H]1C=C2[C@@H]3CC[C@H]([C@H](C)C=C[C@H](C)C(C)C)[C@@]3(C)CC[C@@H]2[C@@]2(C)CC[C@H](O)C[C@]12O. The number of fused-ring (bicyclic) bond motifs is 5. The van der Waals surface area contributed by atoms with Crippen LogP contribution in [0.4, 0.5) is 0 Å². The summed E-state index contributed by atoms with van der Waals surface area (Å²) in [7, 11) is 0. The minimum absolute atomic E-state index is 0.230. The molecule has 4 heteroatoms. The number of esters is 1. The van der Waals surface area contributed by atoms with E-state index in [1.54, 1.807) is 0 Å². The standard InChI is InChI=1S/C30H48O4/c1-18(2)19(3)8-9-20(4)24-10-11-25-23-16-27(34-21(5)31)30(33)17-22(32)12-15-29(30,7)26(23)13-14-28(24,25)6/h8-9,16,18-20,22,24-27,32-33H,10-15,17H2,1-7H3/t19-,20+,22-,24+,25-,26-,27+,28+,29+,30-/m0/s1. The van der Waals surface area contributed by atoms with Gasteiger partial charge in [-0.25, -0.2) is 0 Å². The molecule has 4 nitrogen and oxygen atoms in total. The number of carbonyl (C=O) groups excluding carboxylic acids is 1. The normalized spacial score (nSPS) is 45.8. The molecule has 0 bridgehead atoms. The maximum Gasteiger partial charge on any atom is 0.303 e. The van der Waals surface area contributed by atoms with Crippen molar-refractivity contribution in [2.45, 2.75) is 111 Å². The van der Waals surface area contributed by atoms with Crippen LogP contribution in [0.5, 0.6) is 0 Å². The Morgan fingerprint density at radius 3 is 2.41 bits per heavy atom. The Labute approximate surface area is 207 Å². The summed E-state index contributed by atoms with van der Waals surface area (Å²) < 4.78 is 5.78. The van der Waals surface area contributed by atoms with Crippen LogP contribution in [-0.4, -0.2) is 34.0 Å². The quantitative estimate of drug-likeness (QED) is 0.377. The number of ether oxygens (including phenoxy) is 1. The number of aliphatic hydroxyl groups is 2. The zero-order chi connectivity index (χ0) is 25.1. The van der Waals surface area contributed by atoms with Gasteiger partial charge in [0.1, 0.15) is 11.7 Å². The fraction of sp³-hybridized carbons (Fsp3) is 0.833. The maximum atomic E-state index is 12.0. The van der Waals surface area contributed by atoms with E-state index >= 15 is 0 Å². The Morgan fingerprint density at radius 2 is 1.76 bits per heavy atom. The molecule has 0 aromatic rings. The molecule has 10 atom stereocenters.